The van der Waals surface area contributed by atoms with Gasteiger partial charge in [0, 0.05) is 31.7 Å². The van der Waals surface area contributed by atoms with Gasteiger partial charge in [0.2, 0.25) is 5.91 Å². The van der Waals surface area contributed by atoms with Crippen molar-refractivity contribution in [1.29, 1.82) is 0 Å². The van der Waals surface area contributed by atoms with Crippen LogP contribution in [0.25, 0.3) is 10.8 Å². The molecule has 0 atom stereocenters. The number of fused-ring (bicyclic) bond motifs is 1. The standard InChI is InChI=1S/C26H29N3O3/c1-20-6-4-9-22(18-20)32-17-12-27-25(30)19-28-13-15-29(16-14-28)26(31)24-11-5-8-21-7-2-3-10-23(21)24/h2-11,18H,12-17,19H2,1H3,(H,27,30). The summed E-state index contributed by atoms with van der Waals surface area (Å²) >= 11 is 0. The SMILES string of the molecule is Cc1cccc(OCCNC(=O)CN2CCN(C(=O)c3cccc4ccccc34)CC2)c1. The Morgan fingerprint density at radius 2 is 1.69 bits per heavy atom. The highest BCUT2D eigenvalue weighted by Gasteiger charge is 2.24. The number of benzene rings is 3. The van der Waals surface area contributed by atoms with E-state index in [4.69, 9.17) is 4.74 Å². The molecule has 1 saturated heterocycles. The van der Waals surface area contributed by atoms with Gasteiger partial charge in [0.05, 0.1) is 13.1 Å². The van der Waals surface area contributed by atoms with Gasteiger partial charge in [0.15, 0.2) is 0 Å². The van der Waals surface area contributed by atoms with Crippen LogP contribution in [-0.4, -0.2) is 67.5 Å². The van der Waals surface area contributed by atoms with Gasteiger partial charge >= 0.3 is 0 Å². The number of carbonyl (C=O) groups excluding carboxylic acids is 2. The molecule has 0 radical (unpaired) electrons. The molecular weight excluding hydrogens is 402 g/mol. The molecule has 2 amide bonds. The molecule has 1 N–H and O–H groups in total. The number of piperazine rings is 1. The second-order valence-electron chi connectivity index (χ2n) is 8.11. The van der Waals surface area contributed by atoms with E-state index in [2.05, 4.69) is 10.2 Å². The maximum atomic E-state index is 13.1. The van der Waals surface area contributed by atoms with Crippen LogP contribution in [0.5, 0.6) is 5.75 Å². The molecule has 1 aliphatic heterocycles. The highest BCUT2D eigenvalue weighted by atomic mass is 16.5. The Hall–Kier alpha value is -3.38. The predicted molar refractivity (Wildman–Crippen MR) is 126 cm³/mol. The molecule has 1 heterocycles. The fourth-order valence-corrected chi connectivity index (χ4v) is 4.01. The van der Waals surface area contributed by atoms with Crippen LogP contribution in [-0.2, 0) is 4.79 Å². The van der Waals surface area contributed by atoms with E-state index in [1.807, 2.05) is 78.6 Å². The minimum absolute atomic E-state index is 0.0216. The number of hydrogen-bond donors (Lipinski definition) is 1. The largest absolute Gasteiger partial charge is 0.492 e. The lowest BCUT2D eigenvalue weighted by Gasteiger charge is -2.34. The summed E-state index contributed by atoms with van der Waals surface area (Å²) in [5.41, 5.74) is 1.88. The lowest BCUT2D eigenvalue weighted by atomic mass is 10.0. The monoisotopic (exact) mass is 431 g/mol. The molecule has 1 fully saturated rings. The molecule has 0 aromatic heterocycles. The molecule has 0 aliphatic carbocycles. The summed E-state index contributed by atoms with van der Waals surface area (Å²) in [4.78, 5) is 29.3. The second kappa shape index (κ2) is 10.3. The maximum absolute atomic E-state index is 13.1. The van der Waals surface area contributed by atoms with Gasteiger partial charge in [-0.25, -0.2) is 0 Å². The van der Waals surface area contributed by atoms with E-state index in [1.165, 1.54) is 0 Å². The van der Waals surface area contributed by atoms with E-state index in [9.17, 15) is 9.59 Å². The molecule has 0 spiro atoms. The fraction of sp³-hybridized carbons (Fsp3) is 0.308. The van der Waals surface area contributed by atoms with Crippen molar-refractivity contribution < 1.29 is 14.3 Å². The van der Waals surface area contributed by atoms with Crippen LogP contribution < -0.4 is 10.1 Å². The summed E-state index contributed by atoms with van der Waals surface area (Å²) in [5, 5.41) is 4.96. The van der Waals surface area contributed by atoms with Crippen molar-refractivity contribution >= 4 is 22.6 Å². The molecular formula is C26H29N3O3. The Bertz CT molecular complexity index is 1090. The molecule has 1 aliphatic rings. The number of aryl methyl sites for hydroxylation is 1. The summed E-state index contributed by atoms with van der Waals surface area (Å²) in [6.45, 7) is 5.85. The minimum atomic E-state index is -0.0216. The van der Waals surface area contributed by atoms with Crippen molar-refractivity contribution in [2.45, 2.75) is 6.92 Å². The smallest absolute Gasteiger partial charge is 0.254 e. The third-order valence-electron chi connectivity index (χ3n) is 5.73. The minimum Gasteiger partial charge on any atom is -0.492 e. The zero-order valence-electron chi connectivity index (χ0n) is 18.4. The van der Waals surface area contributed by atoms with Gasteiger partial charge in [-0.3, -0.25) is 14.5 Å². The lowest BCUT2D eigenvalue weighted by molar-refractivity contribution is -0.122. The summed E-state index contributed by atoms with van der Waals surface area (Å²) in [7, 11) is 0. The van der Waals surface area contributed by atoms with Crippen molar-refractivity contribution in [3.63, 3.8) is 0 Å². The van der Waals surface area contributed by atoms with E-state index >= 15 is 0 Å². The van der Waals surface area contributed by atoms with Crippen LogP contribution in [0.2, 0.25) is 0 Å². The van der Waals surface area contributed by atoms with E-state index in [0.29, 0.717) is 45.9 Å². The molecule has 4 rings (SSSR count). The summed E-state index contributed by atoms with van der Waals surface area (Å²) < 4.78 is 5.67. The molecule has 0 unspecified atom stereocenters. The first-order valence-electron chi connectivity index (χ1n) is 11.1. The molecule has 3 aromatic carbocycles. The van der Waals surface area contributed by atoms with E-state index in [0.717, 1.165) is 27.6 Å². The van der Waals surface area contributed by atoms with Gasteiger partial charge < -0.3 is 15.0 Å². The van der Waals surface area contributed by atoms with Crippen molar-refractivity contribution in [2.24, 2.45) is 0 Å². The fourth-order valence-electron chi connectivity index (χ4n) is 4.01. The van der Waals surface area contributed by atoms with Gasteiger partial charge in [0.1, 0.15) is 12.4 Å². The highest BCUT2D eigenvalue weighted by Crippen LogP contribution is 2.20. The summed E-state index contributed by atoms with van der Waals surface area (Å²) in [6, 6.07) is 21.7. The van der Waals surface area contributed by atoms with Crippen molar-refractivity contribution in [3.05, 3.63) is 77.9 Å². The highest BCUT2D eigenvalue weighted by molar-refractivity contribution is 6.07. The quantitative estimate of drug-likeness (QED) is 0.584. The predicted octanol–water partition coefficient (Wildman–Crippen LogP) is 3.10. The first-order chi connectivity index (χ1) is 15.6. The van der Waals surface area contributed by atoms with Crippen LogP contribution >= 0.6 is 0 Å². The molecule has 0 bridgehead atoms. The molecule has 166 valence electrons. The Kier molecular flexibility index (Phi) is 7.02. The Balaban J connectivity index is 1.20. The zero-order chi connectivity index (χ0) is 22.3. The van der Waals surface area contributed by atoms with Gasteiger partial charge in [-0.05, 0) is 41.5 Å². The Morgan fingerprint density at radius 1 is 0.938 bits per heavy atom. The number of nitrogens with one attached hydrogen (secondary N) is 1. The second-order valence-corrected chi connectivity index (χ2v) is 8.11. The summed E-state index contributed by atoms with van der Waals surface area (Å²) in [5.74, 6) is 0.845. The number of ether oxygens (including phenoxy) is 1. The first-order valence-corrected chi connectivity index (χ1v) is 11.1. The van der Waals surface area contributed by atoms with Gasteiger partial charge in [0.25, 0.3) is 5.91 Å². The van der Waals surface area contributed by atoms with Crippen molar-refractivity contribution in [2.75, 3.05) is 45.9 Å². The van der Waals surface area contributed by atoms with Crippen LogP contribution in [0.4, 0.5) is 0 Å². The molecule has 32 heavy (non-hydrogen) atoms. The van der Waals surface area contributed by atoms with Crippen LogP contribution in [0.3, 0.4) is 0 Å². The molecule has 0 saturated carbocycles. The average molecular weight is 432 g/mol. The van der Waals surface area contributed by atoms with Crippen LogP contribution in [0, 0.1) is 6.92 Å². The number of nitrogens with zero attached hydrogens (tertiary/aromatic N) is 2. The summed E-state index contributed by atoms with van der Waals surface area (Å²) in [6.07, 6.45) is 0. The maximum Gasteiger partial charge on any atom is 0.254 e. The van der Waals surface area contributed by atoms with E-state index in [1.54, 1.807) is 0 Å². The van der Waals surface area contributed by atoms with Crippen molar-refractivity contribution in [3.8, 4) is 5.75 Å². The van der Waals surface area contributed by atoms with Crippen molar-refractivity contribution in [1.82, 2.24) is 15.1 Å². The van der Waals surface area contributed by atoms with E-state index in [-0.39, 0.29) is 11.8 Å². The number of rotatable bonds is 7. The van der Waals surface area contributed by atoms with Crippen LogP contribution in [0.1, 0.15) is 15.9 Å². The topological polar surface area (TPSA) is 61.9 Å². The third kappa shape index (κ3) is 5.45. The van der Waals surface area contributed by atoms with E-state index < -0.39 is 0 Å². The van der Waals surface area contributed by atoms with Gasteiger partial charge in [-0.15, -0.1) is 0 Å². The average Bonchev–Trinajstić information content (AvgIpc) is 2.81. The Labute approximate surface area is 188 Å². The normalized spacial score (nSPS) is 14.3. The lowest BCUT2D eigenvalue weighted by Crippen LogP contribution is -2.51. The zero-order valence-corrected chi connectivity index (χ0v) is 18.4. The first kappa shape index (κ1) is 21.8. The van der Waals surface area contributed by atoms with Gasteiger partial charge in [-0.1, -0.05) is 48.5 Å². The van der Waals surface area contributed by atoms with Gasteiger partial charge in [-0.2, -0.15) is 0 Å². The van der Waals surface area contributed by atoms with Crippen LogP contribution in [0.15, 0.2) is 66.7 Å². The Morgan fingerprint density at radius 3 is 2.50 bits per heavy atom. The molecule has 6 heteroatoms. The number of amides is 2. The molecule has 6 nitrogen and oxygen atoms in total. The number of hydrogen-bond acceptors (Lipinski definition) is 4. The number of carbonyl (C=O) groups is 2. The third-order valence-corrected chi connectivity index (χ3v) is 5.73. The molecule has 3 aromatic rings.